The molecule has 5 atom stereocenters. The van der Waals surface area contributed by atoms with Gasteiger partial charge in [-0.3, -0.25) is 9.88 Å². The number of nitrogens with zero attached hydrogens (tertiary/aromatic N) is 2. The summed E-state index contributed by atoms with van der Waals surface area (Å²) in [6.07, 6.45) is 4.80. The molecular weight excluding hydrogens is 372 g/mol. The first-order valence-electron chi connectivity index (χ1n) is 10.2. The Bertz CT molecular complexity index is 802. The molecule has 2 aromatic rings. The molecule has 152 valence electrons. The summed E-state index contributed by atoms with van der Waals surface area (Å²) in [6.45, 7) is 2.43. The minimum atomic E-state index is -0.509. The summed E-state index contributed by atoms with van der Waals surface area (Å²) in [5.41, 5.74) is 1.85. The van der Waals surface area contributed by atoms with Crippen molar-refractivity contribution in [1.82, 2.24) is 9.88 Å². The third-order valence-electron chi connectivity index (χ3n) is 6.47. The number of aliphatic hydroxyl groups is 2. The number of piperidine rings is 3. The number of aromatic nitrogens is 1. The quantitative estimate of drug-likeness (QED) is 0.662. The predicted octanol–water partition coefficient (Wildman–Crippen LogP) is 3.10. The van der Waals surface area contributed by atoms with Gasteiger partial charge in [-0.25, -0.2) is 0 Å². The number of ether oxygens (including phenoxy) is 1. The largest absolute Gasteiger partial charge is 0.497 e. The van der Waals surface area contributed by atoms with Crippen LogP contribution in [0.5, 0.6) is 5.75 Å². The molecule has 2 bridgehead atoms. The van der Waals surface area contributed by atoms with Crippen LogP contribution >= 0.6 is 11.8 Å². The monoisotopic (exact) mass is 402 g/mol. The number of hydrogen-bond acceptors (Lipinski definition) is 6. The van der Waals surface area contributed by atoms with E-state index in [4.69, 9.17) is 9.84 Å². The minimum Gasteiger partial charge on any atom is -0.497 e. The van der Waals surface area contributed by atoms with E-state index in [0.29, 0.717) is 5.92 Å². The Labute approximate surface area is 171 Å². The summed E-state index contributed by atoms with van der Waals surface area (Å²) in [7, 11) is 1.67. The molecule has 0 spiro atoms. The molecule has 0 saturated carbocycles. The van der Waals surface area contributed by atoms with Gasteiger partial charge < -0.3 is 14.9 Å². The van der Waals surface area contributed by atoms with Crippen molar-refractivity contribution in [2.24, 2.45) is 11.8 Å². The van der Waals surface area contributed by atoms with Crippen molar-refractivity contribution in [3.63, 3.8) is 0 Å². The van der Waals surface area contributed by atoms with Crippen LogP contribution in [0.2, 0.25) is 0 Å². The summed E-state index contributed by atoms with van der Waals surface area (Å²) >= 11 is 1.85. The lowest BCUT2D eigenvalue weighted by Gasteiger charge is -2.51. The minimum absolute atomic E-state index is 0.178. The van der Waals surface area contributed by atoms with E-state index in [1.807, 2.05) is 36.0 Å². The fraction of sp³-hybridized carbons (Fsp3) is 0.591. The summed E-state index contributed by atoms with van der Waals surface area (Å²) in [5, 5.41) is 21.3. The first kappa shape index (κ1) is 20.0. The van der Waals surface area contributed by atoms with Crippen molar-refractivity contribution >= 4 is 22.7 Å². The van der Waals surface area contributed by atoms with Gasteiger partial charge in [0, 0.05) is 29.9 Å². The van der Waals surface area contributed by atoms with E-state index in [1.165, 1.54) is 12.8 Å². The summed E-state index contributed by atoms with van der Waals surface area (Å²) < 4.78 is 5.38. The SMILES string of the molecule is COc1ccc2nccc([C@@H](O)[C@@H]3C[C@@H]4CCN3C[C@@H]4CCSCCO)c2c1. The van der Waals surface area contributed by atoms with Gasteiger partial charge in [-0.15, -0.1) is 0 Å². The van der Waals surface area contributed by atoms with Gasteiger partial charge in [0.05, 0.1) is 25.3 Å². The smallest absolute Gasteiger partial charge is 0.119 e. The Hall–Kier alpha value is -1.34. The van der Waals surface area contributed by atoms with Crippen LogP contribution in [0.3, 0.4) is 0 Å². The van der Waals surface area contributed by atoms with E-state index in [9.17, 15) is 5.11 Å². The molecule has 4 heterocycles. The Kier molecular flexibility index (Phi) is 6.41. The van der Waals surface area contributed by atoms with Gasteiger partial charge >= 0.3 is 0 Å². The number of pyridine rings is 1. The molecule has 0 radical (unpaired) electrons. The number of benzene rings is 1. The second-order valence-electron chi connectivity index (χ2n) is 7.96. The zero-order valence-electron chi connectivity index (χ0n) is 16.5. The molecule has 1 aromatic heterocycles. The summed E-state index contributed by atoms with van der Waals surface area (Å²) in [4.78, 5) is 6.95. The fourth-order valence-corrected chi connectivity index (χ4v) is 5.78. The van der Waals surface area contributed by atoms with E-state index >= 15 is 0 Å². The highest BCUT2D eigenvalue weighted by atomic mass is 32.2. The molecule has 0 aliphatic carbocycles. The predicted molar refractivity (Wildman–Crippen MR) is 114 cm³/mol. The molecule has 0 amide bonds. The molecule has 3 aliphatic heterocycles. The molecular formula is C22H30N2O3S. The van der Waals surface area contributed by atoms with Crippen LogP contribution < -0.4 is 4.74 Å². The van der Waals surface area contributed by atoms with Crippen molar-refractivity contribution in [3.05, 3.63) is 36.0 Å². The Morgan fingerprint density at radius 1 is 1.32 bits per heavy atom. The van der Waals surface area contributed by atoms with Gasteiger partial charge in [0.1, 0.15) is 5.75 Å². The van der Waals surface area contributed by atoms with Gasteiger partial charge in [0.25, 0.3) is 0 Å². The molecule has 3 saturated heterocycles. The van der Waals surface area contributed by atoms with Crippen molar-refractivity contribution in [1.29, 1.82) is 0 Å². The maximum atomic E-state index is 11.3. The van der Waals surface area contributed by atoms with Crippen LogP contribution in [-0.2, 0) is 0 Å². The molecule has 1 unspecified atom stereocenters. The number of thioether (sulfide) groups is 1. The van der Waals surface area contributed by atoms with Crippen molar-refractivity contribution in [2.75, 3.05) is 38.3 Å². The number of methoxy groups -OCH3 is 1. The lowest BCUT2D eigenvalue weighted by Crippen LogP contribution is -2.55. The van der Waals surface area contributed by atoms with Gasteiger partial charge in [-0.05, 0) is 73.2 Å². The third kappa shape index (κ3) is 4.01. The molecule has 2 N–H and O–H groups in total. The molecule has 3 fully saturated rings. The second-order valence-corrected chi connectivity index (χ2v) is 9.18. The highest BCUT2D eigenvalue weighted by Gasteiger charge is 2.42. The maximum absolute atomic E-state index is 11.3. The standard InChI is InChI=1S/C22H30N2O3S/c1-27-17-2-3-20-19(13-17)18(4-7-23-20)22(26)21-12-15-5-8-24(21)14-16(15)6-10-28-11-9-25/h2-4,7,13,15-16,21-22,25-26H,5-6,8-12,14H2,1H3/t15-,16-,21-,22+/m0/s1. The van der Waals surface area contributed by atoms with Crippen LogP contribution in [0.15, 0.2) is 30.5 Å². The van der Waals surface area contributed by atoms with Crippen molar-refractivity contribution < 1.29 is 14.9 Å². The summed E-state index contributed by atoms with van der Waals surface area (Å²) in [6, 6.07) is 7.99. The average Bonchev–Trinajstić information content (AvgIpc) is 2.75. The Morgan fingerprint density at radius 2 is 2.21 bits per heavy atom. The molecule has 3 aliphatic rings. The maximum Gasteiger partial charge on any atom is 0.119 e. The normalized spacial score (nSPS) is 27.8. The van der Waals surface area contributed by atoms with Crippen LogP contribution in [0.1, 0.15) is 30.9 Å². The van der Waals surface area contributed by atoms with Crippen LogP contribution in [0, 0.1) is 11.8 Å². The van der Waals surface area contributed by atoms with E-state index in [0.717, 1.165) is 59.1 Å². The van der Waals surface area contributed by atoms with Gasteiger partial charge in [0.15, 0.2) is 0 Å². The molecule has 28 heavy (non-hydrogen) atoms. The molecule has 5 rings (SSSR count). The summed E-state index contributed by atoms with van der Waals surface area (Å²) in [5.74, 6) is 4.16. The third-order valence-corrected chi connectivity index (χ3v) is 7.47. The van der Waals surface area contributed by atoms with Crippen LogP contribution in [0.25, 0.3) is 10.9 Å². The molecule has 6 heteroatoms. The zero-order valence-corrected chi connectivity index (χ0v) is 17.3. The number of rotatable bonds is 8. The molecule has 1 aromatic carbocycles. The van der Waals surface area contributed by atoms with Gasteiger partial charge in [0.2, 0.25) is 0 Å². The first-order chi connectivity index (χ1) is 13.7. The van der Waals surface area contributed by atoms with Crippen molar-refractivity contribution in [3.8, 4) is 5.75 Å². The topological polar surface area (TPSA) is 65.8 Å². The van der Waals surface area contributed by atoms with E-state index in [-0.39, 0.29) is 12.6 Å². The second kappa shape index (κ2) is 8.99. The lowest BCUT2D eigenvalue weighted by atomic mass is 9.72. The fourth-order valence-electron chi connectivity index (χ4n) is 4.98. The van der Waals surface area contributed by atoms with Crippen LogP contribution in [0.4, 0.5) is 0 Å². The van der Waals surface area contributed by atoms with Crippen LogP contribution in [-0.4, -0.2) is 64.5 Å². The number of aliphatic hydroxyl groups excluding tert-OH is 2. The van der Waals surface area contributed by atoms with E-state index in [1.54, 1.807) is 13.3 Å². The Morgan fingerprint density at radius 3 is 2.96 bits per heavy atom. The van der Waals surface area contributed by atoms with Crippen molar-refractivity contribution in [2.45, 2.75) is 31.4 Å². The van der Waals surface area contributed by atoms with E-state index < -0.39 is 6.10 Å². The first-order valence-corrected chi connectivity index (χ1v) is 11.4. The highest BCUT2D eigenvalue weighted by molar-refractivity contribution is 7.99. The lowest BCUT2D eigenvalue weighted by molar-refractivity contribution is -0.0559. The number of fused-ring (bicyclic) bond motifs is 4. The Balaban J connectivity index is 1.49. The molecule has 5 nitrogen and oxygen atoms in total. The average molecular weight is 403 g/mol. The zero-order chi connectivity index (χ0) is 19.5. The van der Waals surface area contributed by atoms with Gasteiger partial charge in [-0.2, -0.15) is 11.8 Å². The number of hydrogen-bond donors (Lipinski definition) is 2. The highest BCUT2D eigenvalue weighted by Crippen LogP contribution is 2.43. The van der Waals surface area contributed by atoms with E-state index in [2.05, 4.69) is 9.88 Å². The van der Waals surface area contributed by atoms with Gasteiger partial charge in [-0.1, -0.05) is 0 Å².